The molecule has 0 saturated heterocycles. The highest BCUT2D eigenvalue weighted by Crippen LogP contribution is 2.14. The molecule has 0 radical (unpaired) electrons. The number of hydrogen-bond donors (Lipinski definition) is 1. The molecule has 0 aromatic carbocycles. The first-order chi connectivity index (χ1) is 9.42. The van der Waals surface area contributed by atoms with Crippen LogP contribution in [-0.4, -0.2) is 37.0 Å². The van der Waals surface area contributed by atoms with Gasteiger partial charge >= 0.3 is 18.0 Å². The predicted molar refractivity (Wildman–Crippen MR) is 75.4 cm³/mol. The Labute approximate surface area is 125 Å². The number of alkyl carbamates (subject to hydrolysis) is 1. The maximum Gasteiger partial charge on any atom is 0.407 e. The second kappa shape index (κ2) is 7.85. The molecule has 0 bridgehead atoms. The maximum atomic E-state index is 11.4. The van der Waals surface area contributed by atoms with Crippen LogP contribution in [0.5, 0.6) is 0 Å². The molecule has 122 valence electrons. The van der Waals surface area contributed by atoms with Gasteiger partial charge in [-0.3, -0.25) is 9.59 Å². The second-order valence-corrected chi connectivity index (χ2v) is 6.49. The van der Waals surface area contributed by atoms with Gasteiger partial charge in [0.25, 0.3) is 0 Å². The van der Waals surface area contributed by atoms with Gasteiger partial charge in [-0.15, -0.1) is 0 Å². The van der Waals surface area contributed by atoms with Crippen LogP contribution >= 0.6 is 0 Å². The van der Waals surface area contributed by atoms with E-state index in [-0.39, 0.29) is 13.0 Å². The Morgan fingerprint density at radius 2 is 1.52 bits per heavy atom. The summed E-state index contributed by atoms with van der Waals surface area (Å²) in [6, 6.07) is 0. The van der Waals surface area contributed by atoms with Gasteiger partial charge in [0.15, 0.2) is 0 Å². The van der Waals surface area contributed by atoms with Crippen LogP contribution in [0.2, 0.25) is 0 Å². The van der Waals surface area contributed by atoms with E-state index in [4.69, 9.17) is 14.2 Å². The summed E-state index contributed by atoms with van der Waals surface area (Å²) in [4.78, 5) is 34.0. The smallest absolute Gasteiger partial charge is 0.407 e. The van der Waals surface area contributed by atoms with E-state index in [1.165, 1.54) is 0 Å². The molecule has 0 heterocycles. The Kier molecular flexibility index (Phi) is 7.18. The molecule has 7 heteroatoms. The first kappa shape index (κ1) is 19.2. The molecule has 0 aromatic rings. The van der Waals surface area contributed by atoms with Crippen LogP contribution in [0, 0.1) is 5.41 Å². The van der Waals surface area contributed by atoms with Crippen molar-refractivity contribution >= 4 is 18.0 Å². The van der Waals surface area contributed by atoms with Crippen LogP contribution in [0.15, 0.2) is 0 Å². The molecule has 0 unspecified atom stereocenters. The molecule has 1 amide bonds. The molecule has 0 atom stereocenters. The third-order valence-electron chi connectivity index (χ3n) is 2.02. The van der Waals surface area contributed by atoms with Gasteiger partial charge in [-0.1, -0.05) is 0 Å². The van der Waals surface area contributed by atoms with Crippen LogP contribution in [0.25, 0.3) is 0 Å². The summed E-state index contributed by atoms with van der Waals surface area (Å²) in [5.41, 5.74) is -1.24. The van der Waals surface area contributed by atoms with Crippen molar-refractivity contribution < 1.29 is 28.6 Å². The Morgan fingerprint density at radius 3 is 2.00 bits per heavy atom. The number of carbonyl (C=O) groups excluding carboxylic acids is 3. The standard InChI is InChI=1S/C14H25NO6/c1-13(2,3)11(17)20-9-19-10(16)7-8-15-12(18)21-14(4,5)6/h7-9H2,1-6H3,(H,15,18). The summed E-state index contributed by atoms with van der Waals surface area (Å²) in [5, 5.41) is 2.42. The average Bonchev–Trinajstić information content (AvgIpc) is 2.24. The Bertz CT molecular complexity index is 378. The van der Waals surface area contributed by atoms with E-state index >= 15 is 0 Å². The van der Waals surface area contributed by atoms with E-state index in [2.05, 4.69) is 5.32 Å². The monoisotopic (exact) mass is 303 g/mol. The number of esters is 2. The summed E-state index contributed by atoms with van der Waals surface area (Å²) in [7, 11) is 0. The van der Waals surface area contributed by atoms with E-state index in [1.807, 2.05) is 0 Å². The number of carbonyl (C=O) groups is 3. The Morgan fingerprint density at radius 1 is 0.952 bits per heavy atom. The van der Waals surface area contributed by atoms with Crippen molar-refractivity contribution in [2.75, 3.05) is 13.3 Å². The van der Waals surface area contributed by atoms with Gasteiger partial charge in [0.05, 0.1) is 11.8 Å². The topological polar surface area (TPSA) is 90.9 Å². The normalized spacial score (nSPS) is 11.5. The molecule has 0 aliphatic rings. The van der Waals surface area contributed by atoms with Crippen LogP contribution in [0.4, 0.5) is 4.79 Å². The lowest BCUT2D eigenvalue weighted by Gasteiger charge is -2.19. The van der Waals surface area contributed by atoms with Gasteiger partial charge in [-0.05, 0) is 41.5 Å². The molecule has 21 heavy (non-hydrogen) atoms. The van der Waals surface area contributed by atoms with Crippen molar-refractivity contribution in [3.8, 4) is 0 Å². The van der Waals surface area contributed by atoms with Crippen molar-refractivity contribution in [1.82, 2.24) is 5.32 Å². The van der Waals surface area contributed by atoms with Gasteiger partial charge in [0.2, 0.25) is 6.79 Å². The molecule has 0 saturated carbocycles. The number of ether oxygens (including phenoxy) is 3. The van der Waals surface area contributed by atoms with Gasteiger partial charge in [0, 0.05) is 6.54 Å². The molecule has 0 aromatic heterocycles. The Balaban J connectivity index is 3.78. The fraction of sp³-hybridized carbons (Fsp3) is 0.786. The molecule has 0 fully saturated rings. The molecule has 0 aliphatic heterocycles. The minimum absolute atomic E-state index is 0.0354. The van der Waals surface area contributed by atoms with Gasteiger partial charge in [-0.2, -0.15) is 0 Å². The third kappa shape index (κ3) is 10.6. The Hall–Kier alpha value is -1.79. The van der Waals surface area contributed by atoms with Crippen LogP contribution < -0.4 is 5.32 Å². The third-order valence-corrected chi connectivity index (χ3v) is 2.02. The highest BCUT2D eigenvalue weighted by Gasteiger charge is 2.23. The van der Waals surface area contributed by atoms with Crippen molar-refractivity contribution in [3.63, 3.8) is 0 Å². The SMILES string of the molecule is CC(C)(C)OC(=O)NCCC(=O)OCOC(=O)C(C)(C)C. The van der Waals surface area contributed by atoms with Gasteiger partial charge in [0.1, 0.15) is 5.60 Å². The highest BCUT2D eigenvalue weighted by atomic mass is 16.7. The van der Waals surface area contributed by atoms with E-state index in [1.54, 1.807) is 41.5 Å². The van der Waals surface area contributed by atoms with Crippen molar-refractivity contribution in [2.24, 2.45) is 5.41 Å². The van der Waals surface area contributed by atoms with Gasteiger partial charge < -0.3 is 19.5 Å². The van der Waals surface area contributed by atoms with Crippen LogP contribution in [-0.2, 0) is 23.8 Å². The quantitative estimate of drug-likeness (QED) is 0.617. The minimum atomic E-state index is -0.648. The van der Waals surface area contributed by atoms with E-state index in [0.29, 0.717) is 0 Å². The molecule has 0 spiro atoms. The molecule has 0 rings (SSSR count). The van der Waals surface area contributed by atoms with Crippen molar-refractivity contribution in [1.29, 1.82) is 0 Å². The molecule has 0 aliphatic carbocycles. The lowest BCUT2D eigenvalue weighted by molar-refractivity contribution is -0.173. The van der Waals surface area contributed by atoms with Crippen molar-refractivity contribution in [3.05, 3.63) is 0 Å². The summed E-state index contributed by atoms with van der Waals surface area (Å²) < 4.78 is 14.5. The first-order valence-corrected chi connectivity index (χ1v) is 6.71. The predicted octanol–water partition coefficient (Wildman–Crippen LogP) is 1.99. The largest absolute Gasteiger partial charge is 0.444 e. The second-order valence-electron chi connectivity index (χ2n) is 6.49. The average molecular weight is 303 g/mol. The summed E-state index contributed by atoms with van der Waals surface area (Å²) in [5.74, 6) is -1.03. The van der Waals surface area contributed by atoms with Crippen molar-refractivity contribution in [2.45, 2.75) is 53.6 Å². The molecule has 1 N–H and O–H groups in total. The first-order valence-electron chi connectivity index (χ1n) is 6.71. The molecular formula is C14H25NO6. The number of hydrogen-bond acceptors (Lipinski definition) is 6. The zero-order chi connectivity index (χ0) is 16.7. The number of nitrogens with one attached hydrogen (secondary N) is 1. The summed E-state index contributed by atoms with van der Waals surface area (Å²) in [6.45, 7) is 9.97. The zero-order valence-electron chi connectivity index (χ0n) is 13.6. The lowest BCUT2D eigenvalue weighted by atomic mass is 9.98. The number of rotatable bonds is 5. The van der Waals surface area contributed by atoms with E-state index < -0.39 is 35.8 Å². The lowest BCUT2D eigenvalue weighted by Crippen LogP contribution is -2.33. The summed E-state index contributed by atoms with van der Waals surface area (Å²) in [6.07, 6.45) is -0.638. The van der Waals surface area contributed by atoms with Crippen LogP contribution in [0.1, 0.15) is 48.0 Å². The highest BCUT2D eigenvalue weighted by molar-refractivity contribution is 5.75. The molecular weight excluding hydrogens is 278 g/mol. The fourth-order valence-corrected chi connectivity index (χ4v) is 1.02. The van der Waals surface area contributed by atoms with Crippen LogP contribution in [0.3, 0.4) is 0 Å². The van der Waals surface area contributed by atoms with Gasteiger partial charge in [-0.25, -0.2) is 4.79 Å². The van der Waals surface area contributed by atoms with E-state index in [9.17, 15) is 14.4 Å². The number of amides is 1. The fourth-order valence-electron chi connectivity index (χ4n) is 1.02. The molecule has 7 nitrogen and oxygen atoms in total. The maximum absolute atomic E-state index is 11.4. The minimum Gasteiger partial charge on any atom is -0.444 e. The zero-order valence-corrected chi connectivity index (χ0v) is 13.6. The van der Waals surface area contributed by atoms with E-state index in [0.717, 1.165) is 0 Å². The summed E-state index contributed by atoms with van der Waals surface area (Å²) >= 11 is 0.